The van der Waals surface area contributed by atoms with Crippen LogP contribution < -0.4 is 0 Å². The van der Waals surface area contributed by atoms with E-state index in [1.807, 2.05) is 11.0 Å². The molecule has 3 heterocycles. The molecule has 2 aromatic rings. The van der Waals surface area contributed by atoms with Crippen molar-refractivity contribution in [3.8, 4) is 0 Å². The Morgan fingerprint density at radius 2 is 1.88 bits per heavy atom. The summed E-state index contributed by atoms with van der Waals surface area (Å²) in [5.41, 5.74) is 1.91. The maximum Gasteiger partial charge on any atom is 0.292 e. The van der Waals surface area contributed by atoms with Crippen molar-refractivity contribution in [3.05, 3.63) is 41.8 Å². The summed E-state index contributed by atoms with van der Waals surface area (Å²) >= 11 is 0. The summed E-state index contributed by atoms with van der Waals surface area (Å²) in [6.45, 7) is 1.42. The summed E-state index contributed by atoms with van der Waals surface area (Å²) in [6.07, 6.45) is 13.3. The van der Waals surface area contributed by atoms with Crippen molar-refractivity contribution < 1.29 is 9.32 Å². The van der Waals surface area contributed by atoms with Gasteiger partial charge in [-0.15, -0.1) is 0 Å². The SMILES string of the molecule is O=C(c1cc(C2CCCCC2)no1)N1CCC[C@@H](c2cnccn2)C1. The van der Waals surface area contributed by atoms with Crippen molar-refractivity contribution in [2.24, 2.45) is 0 Å². The second kappa shape index (κ2) is 7.33. The number of hydrogen-bond donors (Lipinski definition) is 0. The average Bonchev–Trinajstić information content (AvgIpc) is 3.19. The number of hydrogen-bond acceptors (Lipinski definition) is 5. The zero-order valence-corrected chi connectivity index (χ0v) is 14.4. The molecule has 0 unspecified atom stereocenters. The van der Waals surface area contributed by atoms with Crippen LogP contribution in [0.3, 0.4) is 0 Å². The lowest BCUT2D eigenvalue weighted by molar-refractivity contribution is 0.0663. The topological polar surface area (TPSA) is 72.1 Å². The lowest BCUT2D eigenvalue weighted by Crippen LogP contribution is -2.39. The third-order valence-electron chi connectivity index (χ3n) is 5.47. The predicted molar refractivity (Wildman–Crippen MR) is 92.2 cm³/mol. The van der Waals surface area contributed by atoms with Gasteiger partial charge in [-0.3, -0.25) is 14.8 Å². The summed E-state index contributed by atoms with van der Waals surface area (Å²) in [6, 6.07) is 1.87. The fourth-order valence-electron chi connectivity index (χ4n) is 4.06. The number of carbonyl (C=O) groups excluding carboxylic acids is 1. The molecule has 1 saturated carbocycles. The Morgan fingerprint density at radius 1 is 1.04 bits per heavy atom. The molecule has 1 amide bonds. The minimum Gasteiger partial charge on any atom is -0.351 e. The fourth-order valence-corrected chi connectivity index (χ4v) is 4.06. The molecule has 0 N–H and O–H groups in total. The van der Waals surface area contributed by atoms with Crippen molar-refractivity contribution in [1.29, 1.82) is 0 Å². The highest BCUT2D eigenvalue weighted by atomic mass is 16.5. The second-order valence-corrected chi connectivity index (χ2v) is 7.17. The first-order valence-corrected chi connectivity index (χ1v) is 9.33. The van der Waals surface area contributed by atoms with Crippen LogP contribution in [0.1, 0.15) is 78.7 Å². The quantitative estimate of drug-likeness (QED) is 0.854. The summed E-state index contributed by atoms with van der Waals surface area (Å²) in [5, 5.41) is 4.19. The summed E-state index contributed by atoms with van der Waals surface area (Å²) in [5.74, 6) is 1.02. The average molecular weight is 340 g/mol. The van der Waals surface area contributed by atoms with Gasteiger partial charge in [0.2, 0.25) is 5.76 Å². The Kier molecular flexibility index (Phi) is 4.76. The Labute approximate surface area is 147 Å². The third-order valence-corrected chi connectivity index (χ3v) is 5.47. The van der Waals surface area contributed by atoms with Crippen LogP contribution in [0.4, 0.5) is 0 Å². The van der Waals surface area contributed by atoms with Gasteiger partial charge in [0.1, 0.15) is 0 Å². The van der Waals surface area contributed by atoms with Crippen molar-refractivity contribution in [1.82, 2.24) is 20.0 Å². The van der Waals surface area contributed by atoms with Crippen LogP contribution in [0, 0.1) is 0 Å². The van der Waals surface area contributed by atoms with Crippen molar-refractivity contribution >= 4 is 5.91 Å². The van der Waals surface area contributed by atoms with Crippen LogP contribution in [0.25, 0.3) is 0 Å². The molecular formula is C19H24N4O2. The van der Waals surface area contributed by atoms with Gasteiger partial charge in [-0.2, -0.15) is 0 Å². The minimum absolute atomic E-state index is 0.0526. The van der Waals surface area contributed by atoms with E-state index in [0.29, 0.717) is 18.2 Å². The van der Waals surface area contributed by atoms with E-state index < -0.39 is 0 Å². The molecule has 25 heavy (non-hydrogen) atoms. The molecule has 6 nitrogen and oxygen atoms in total. The van der Waals surface area contributed by atoms with Crippen LogP contribution in [-0.4, -0.2) is 39.0 Å². The summed E-state index contributed by atoms with van der Waals surface area (Å²) in [4.78, 5) is 23.2. The third kappa shape index (κ3) is 3.57. The molecular weight excluding hydrogens is 316 g/mol. The smallest absolute Gasteiger partial charge is 0.292 e. The molecule has 1 aliphatic carbocycles. The monoisotopic (exact) mass is 340 g/mol. The number of piperidine rings is 1. The molecule has 132 valence electrons. The molecule has 0 aromatic carbocycles. The van der Waals surface area contributed by atoms with Gasteiger partial charge in [-0.1, -0.05) is 24.4 Å². The maximum absolute atomic E-state index is 12.8. The highest BCUT2D eigenvalue weighted by molar-refractivity contribution is 5.91. The first-order chi connectivity index (χ1) is 12.3. The normalized spacial score (nSPS) is 22.1. The standard InChI is InChI=1S/C19H24N4O2/c24-19(18-11-16(22-25-18)14-5-2-1-3-6-14)23-10-4-7-15(13-23)17-12-20-8-9-21-17/h8-9,11-12,14-15H,1-7,10,13H2/t15-/m1/s1. The van der Waals surface area contributed by atoms with Crippen molar-refractivity contribution in [2.45, 2.75) is 56.8 Å². The Balaban J connectivity index is 1.44. The molecule has 4 rings (SSSR count). The van der Waals surface area contributed by atoms with Crippen LogP contribution in [0.5, 0.6) is 0 Å². The van der Waals surface area contributed by atoms with E-state index in [0.717, 1.165) is 43.6 Å². The van der Waals surface area contributed by atoms with Gasteiger partial charge in [-0.05, 0) is 25.7 Å². The fraction of sp³-hybridized carbons (Fsp3) is 0.579. The lowest BCUT2D eigenvalue weighted by Gasteiger charge is -2.31. The maximum atomic E-state index is 12.8. The Hall–Kier alpha value is -2.24. The molecule has 0 spiro atoms. The van der Waals surface area contributed by atoms with Crippen molar-refractivity contribution in [2.75, 3.05) is 13.1 Å². The second-order valence-electron chi connectivity index (χ2n) is 7.17. The number of aromatic nitrogens is 3. The highest BCUT2D eigenvalue weighted by Crippen LogP contribution is 2.32. The Morgan fingerprint density at radius 3 is 2.68 bits per heavy atom. The lowest BCUT2D eigenvalue weighted by atomic mass is 9.87. The van der Waals surface area contributed by atoms with Gasteiger partial charge in [0, 0.05) is 49.6 Å². The van der Waals surface area contributed by atoms with Gasteiger partial charge < -0.3 is 9.42 Å². The van der Waals surface area contributed by atoms with E-state index in [-0.39, 0.29) is 11.8 Å². The zero-order chi connectivity index (χ0) is 17.1. The predicted octanol–water partition coefficient (Wildman–Crippen LogP) is 3.53. The number of likely N-dealkylation sites (tertiary alicyclic amines) is 1. The number of nitrogens with zero attached hydrogens (tertiary/aromatic N) is 4. The first kappa shape index (κ1) is 16.2. The van der Waals surface area contributed by atoms with Gasteiger partial charge in [-0.25, -0.2) is 0 Å². The van der Waals surface area contributed by atoms with Crippen LogP contribution in [-0.2, 0) is 0 Å². The van der Waals surface area contributed by atoms with E-state index >= 15 is 0 Å². The van der Waals surface area contributed by atoms with Gasteiger partial charge in [0.25, 0.3) is 5.91 Å². The zero-order valence-electron chi connectivity index (χ0n) is 14.4. The van der Waals surface area contributed by atoms with Gasteiger partial charge in [0.05, 0.1) is 11.4 Å². The van der Waals surface area contributed by atoms with Crippen LogP contribution in [0.2, 0.25) is 0 Å². The van der Waals surface area contributed by atoms with E-state index in [2.05, 4.69) is 15.1 Å². The highest BCUT2D eigenvalue weighted by Gasteiger charge is 2.29. The molecule has 1 saturated heterocycles. The largest absolute Gasteiger partial charge is 0.351 e. The molecule has 2 fully saturated rings. The summed E-state index contributed by atoms with van der Waals surface area (Å²) in [7, 11) is 0. The van der Waals surface area contributed by atoms with E-state index in [4.69, 9.17) is 4.52 Å². The number of rotatable bonds is 3. The molecule has 1 atom stereocenters. The molecule has 0 bridgehead atoms. The van der Waals surface area contributed by atoms with Gasteiger partial charge >= 0.3 is 0 Å². The van der Waals surface area contributed by atoms with E-state index in [1.165, 1.54) is 19.3 Å². The number of carbonyl (C=O) groups is 1. The molecule has 2 aromatic heterocycles. The minimum atomic E-state index is -0.0526. The summed E-state index contributed by atoms with van der Waals surface area (Å²) < 4.78 is 5.40. The number of amides is 1. The van der Waals surface area contributed by atoms with Crippen LogP contribution >= 0.6 is 0 Å². The molecule has 0 radical (unpaired) electrons. The molecule has 1 aliphatic heterocycles. The Bertz CT molecular complexity index is 709. The molecule has 2 aliphatic rings. The van der Waals surface area contributed by atoms with E-state index in [9.17, 15) is 4.79 Å². The first-order valence-electron chi connectivity index (χ1n) is 9.33. The van der Waals surface area contributed by atoms with Crippen LogP contribution in [0.15, 0.2) is 29.2 Å². The van der Waals surface area contributed by atoms with E-state index in [1.54, 1.807) is 18.6 Å². The van der Waals surface area contributed by atoms with Crippen molar-refractivity contribution in [3.63, 3.8) is 0 Å². The molecule has 6 heteroatoms. The van der Waals surface area contributed by atoms with Gasteiger partial charge in [0.15, 0.2) is 0 Å².